The molecule has 0 aliphatic carbocycles. The molecule has 1 fully saturated rings. The largest absolute Gasteiger partial charge is 0.344 e. The molecule has 2 atom stereocenters. The van der Waals surface area contributed by atoms with Crippen LogP contribution >= 0.6 is 0 Å². The Balaban J connectivity index is 2.39. The Morgan fingerprint density at radius 2 is 1.89 bits per heavy atom. The van der Waals surface area contributed by atoms with Crippen molar-refractivity contribution in [2.45, 2.75) is 37.9 Å². The molecule has 0 spiro atoms. The number of amides is 1. The molecule has 1 aliphatic heterocycles. The number of hydrogen-bond acceptors (Lipinski definition) is 1. The topological polar surface area (TPSA) is 29.1 Å². The van der Waals surface area contributed by atoms with Crippen molar-refractivity contribution in [3.63, 3.8) is 0 Å². The van der Waals surface area contributed by atoms with Gasteiger partial charge in [0, 0.05) is 5.56 Å². The van der Waals surface area contributed by atoms with Crippen molar-refractivity contribution < 1.29 is 18.0 Å². The highest BCUT2D eigenvalue weighted by Crippen LogP contribution is 2.37. The summed E-state index contributed by atoms with van der Waals surface area (Å²) < 4.78 is 40.6. The number of carbonyl (C=O) groups excluding carboxylic acids is 1. The van der Waals surface area contributed by atoms with E-state index in [-0.39, 0.29) is 18.4 Å². The fraction of sp³-hybridized carbons (Fsp3) is 0.462. The van der Waals surface area contributed by atoms with Gasteiger partial charge in [-0.05, 0) is 32.8 Å². The van der Waals surface area contributed by atoms with Crippen LogP contribution in [0.4, 0.5) is 13.2 Å². The third-order valence-corrected chi connectivity index (χ3v) is 3.50. The van der Waals surface area contributed by atoms with E-state index in [1.807, 2.05) is 0 Å². The number of benzene rings is 1. The van der Waals surface area contributed by atoms with Crippen LogP contribution in [0.5, 0.6) is 0 Å². The van der Waals surface area contributed by atoms with Crippen molar-refractivity contribution in [3.8, 4) is 0 Å². The van der Waals surface area contributed by atoms with Crippen LogP contribution in [0.3, 0.4) is 0 Å². The van der Waals surface area contributed by atoms with E-state index in [0.717, 1.165) is 6.07 Å². The fourth-order valence-corrected chi connectivity index (χ4v) is 2.17. The third kappa shape index (κ3) is 1.98. The van der Waals surface area contributed by atoms with Gasteiger partial charge in [0.15, 0.2) is 17.3 Å². The van der Waals surface area contributed by atoms with Gasteiger partial charge in [-0.15, -0.1) is 0 Å². The summed E-state index contributed by atoms with van der Waals surface area (Å²) in [6.45, 7) is 2.75. The van der Waals surface area contributed by atoms with Crippen LogP contribution in [0.1, 0.15) is 32.3 Å². The van der Waals surface area contributed by atoms with Crippen molar-refractivity contribution in [1.29, 1.82) is 0 Å². The lowest BCUT2D eigenvalue weighted by molar-refractivity contribution is -0.138. The number of alkyl halides is 1. The predicted molar refractivity (Wildman–Crippen MR) is 60.6 cm³/mol. The smallest absolute Gasteiger partial charge is 0.258 e. The second-order valence-electron chi connectivity index (χ2n) is 5.09. The van der Waals surface area contributed by atoms with Gasteiger partial charge in [-0.3, -0.25) is 4.79 Å². The van der Waals surface area contributed by atoms with E-state index in [9.17, 15) is 18.0 Å². The van der Waals surface area contributed by atoms with Gasteiger partial charge >= 0.3 is 0 Å². The maximum Gasteiger partial charge on any atom is 0.258 e. The SMILES string of the molecule is CC1(F)CC[C@@](C)(c2cccc(F)c2F)NC1=O. The number of nitrogens with one attached hydrogen (secondary N) is 1. The first-order valence-corrected chi connectivity index (χ1v) is 5.72. The van der Waals surface area contributed by atoms with Crippen molar-refractivity contribution in [2.24, 2.45) is 0 Å². The molecule has 1 aromatic carbocycles. The molecular formula is C13H14F3NO. The van der Waals surface area contributed by atoms with Crippen LogP contribution in [0, 0.1) is 11.6 Å². The number of rotatable bonds is 1. The van der Waals surface area contributed by atoms with Gasteiger partial charge in [-0.1, -0.05) is 12.1 Å². The lowest BCUT2D eigenvalue weighted by Gasteiger charge is -2.40. The van der Waals surface area contributed by atoms with Gasteiger partial charge in [0.2, 0.25) is 0 Å². The van der Waals surface area contributed by atoms with Crippen LogP contribution in [0.2, 0.25) is 0 Å². The van der Waals surface area contributed by atoms with Gasteiger partial charge in [-0.25, -0.2) is 13.2 Å². The molecule has 2 nitrogen and oxygen atoms in total. The third-order valence-electron chi connectivity index (χ3n) is 3.50. The zero-order chi connectivity index (χ0) is 13.6. The van der Waals surface area contributed by atoms with E-state index in [0.29, 0.717) is 0 Å². The summed E-state index contributed by atoms with van der Waals surface area (Å²) in [6, 6.07) is 3.78. The minimum absolute atomic E-state index is 0.0225. The van der Waals surface area contributed by atoms with Crippen molar-refractivity contribution in [1.82, 2.24) is 5.32 Å². The summed E-state index contributed by atoms with van der Waals surface area (Å²) >= 11 is 0. The Bertz CT molecular complexity index is 501. The van der Waals surface area contributed by atoms with E-state index < -0.39 is 28.7 Å². The first-order chi connectivity index (χ1) is 8.26. The van der Waals surface area contributed by atoms with Crippen LogP contribution in [-0.4, -0.2) is 11.6 Å². The zero-order valence-electron chi connectivity index (χ0n) is 10.2. The molecule has 1 amide bonds. The minimum atomic E-state index is -1.96. The quantitative estimate of drug-likeness (QED) is 0.823. The molecule has 18 heavy (non-hydrogen) atoms. The second-order valence-corrected chi connectivity index (χ2v) is 5.09. The first kappa shape index (κ1) is 12.9. The molecule has 1 aliphatic rings. The highest BCUT2D eigenvalue weighted by atomic mass is 19.2. The molecule has 1 saturated heterocycles. The van der Waals surface area contributed by atoms with Crippen molar-refractivity contribution >= 4 is 5.91 Å². The number of piperidine rings is 1. The summed E-state index contributed by atoms with van der Waals surface area (Å²) in [5, 5.41) is 2.45. The molecule has 1 aromatic rings. The molecule has 0 bridgehead atoms. The normalized spacial score (nSPS) is 32.2. The molecule has 1 unspecified atom stereocenters. The number of carbonyl (C=O) groups is 1. The lowest BCUT2D eigenvalue weighted by Crippen LogP contribution is -2.56. The molecule has 1 N–H and O–H groups in total. The zero-order valence-corrected chi connectivity index (χ0v) is 10.2. The minimum Gasteiger partial charge on any atom is -0.344 e. The number of hydrogen-bond donors (Lipinski definition) is 1. The summed E-state index contributed by atoms with van der Waals surface area (Å²) in [5.74, 6) is -2.76. The maximum absolute atomic E-state index is 13.7. The Hall–Kier alpha value is -1.52. The summed E-state index contributed by atoms with van der Waals surface area (Å²) in [4.78, 5) is 11.6. The number of halogens is 3. The second kappa shape index (κ2) is 4.00. The monoisotopic (exact) mass is 257 g/mol. The highest BCUT2D eigenvalue weighted by molar-refractivity contribution is 5.86. The van der Waals surface area contributed by atoms with Gasteiger partial charge in [0.25, 0.3) is 5.91 Å². The molecule has 98 valence electrons. The summed E-state index contributed by atoms with van der Waals surface area (Å²) in [5.41, 5.74) is -2.98. The van der Waals surface area contributed by atoms with Crippen molar-refractivity contribution in [3.05, 3.63) is 35.4 Å². The lowest BCUT2D eigenvalue weighted by atomic mass is 9.79. The molecule has 2 rings (SSSR count). The Kier molecular flexibility index (Phi) is 2.87. The molecule has 0 aromatic heterocycles. The fourth-order valence-electron chi connectivity index (χ4n) is 2.17. The maximum atomic E-state index is 13.7. The van der Waals surface area contributed by atoms with Crippen LogP contribution in [0.15, 0.2) is 18.2 Å². The van der Waals surface area contributed by atoms with Gasteiger partial charge < -0.3 is 5.32 Å². The van der Waals surface area contributed by atoms with Crippen LogP contribution in [0.25, 0.3) is 0 Å². The van der Waals surface area contributed by atoms with E-state index in [4.69, 9.17) is 0 Å². The Labute approximate surface area is 103 Å². The standard InChI is InChI=1S/C13H14F3NO/c1-12(16)6-7-13(2,17-11(12)18)8-4-3-5-9(14)10(8)15/h3-5H,6-7H2,1-2H3,(H,17,18)/t12?,13-/m0/s1. The molecule has 1 heterocycles. The summed E-state index contributed by atoms with van der Waals surface area (Å²) in [6.07, 6.45) is 0.192. The van der Waals surface area contributed by atoms with Crippen LogP contribution < -0.4 is 5.32 Å². The van der Waals surface area contributed by atoms with E-state index >= 15 is 0 Å². The van der Waals surface area contributed by atoms with E-state index in [2.05, 4.69) is 5.32 Å². The Morgan fingerprint density at radius 1 is 1.22 bits per heavy atom. The first-order valence-electron chi connectivity index (χ1n) is 5.72. The molecule has 0 radical (unpaired) electrons. The predicted octanol–water partition coefficient (Wildman–Crippen LogP) is 2.82. The molecular weight excluding hydrogens is 243 g/mol. The summed E-state index contributed by atoms with van der Waals surface area (Å²) in [7, 11) is 0. The highest BCUT2D eigenvalue weighted by Gasteiger charge is 2.45. The Morgan fingerprint density at radius 3 is 2.50 bits per heavy atom. The van der Waals surface area contributed by atoms with Gasteiger partial charge in [0.1, 0.15) is 0 Å². The average Bonchev–Trinajstić information content (AvgIpc) is 2.29. The van der Waals surface area contributed by atoms with Gasteiger partial charge in [0.05, 0.1) is 5.54 Å². The molecule has 5 heteroatoms. The molecule has 0 saturated carbocycles. The van der Waals surface area contributed by atoms with Crippen LogP contribution in [-0.2, 0) is 10.3 Å². The van der Waals surface area contributed by atoms with E-state index in [1.165, 1.54) is 19.1 Å². The van der Waals surface area contributed by atoms with E-state index in [1.54, 1.807) is 6.92 Å². The average molecular weight is 257 g/mol. The van der Waals surface area contributed by atoms with Gasteiger partial charge in [-0.2, -0.15) is 0 Å². The van der Waals surface area contributed by atoms with Crippen molar-refractivity contribution in [2.75, 3.05) is 0 Å².